The molecule has 0 unspecified atom stereocenters. The van der Waals surface area contributed by atoms with Crippen molar-refractivity contribution in [3.63, 3.8) is 0 Å². The zero-order valence-electron chi connectivity index (χ0n) is 16.0. The van der Waals surface area contributed by atoms with Crippen molar-refractivity contribution < 1.29 is 9.53 Å². The summed E-state index contributed by atoms with van der Waals surface area (Å²) in [6, 6.07) is 8.86. The number of hydrogen-bond acceptors (Lipinski definition) is 5. The fourth-order valence-corrected chi connectivity index (χ4v) is 4.84. The average molecular weight is 451 g/mol. The van der Waals surface area contributed by atoms with E-state index in [1.807, 2.05) is 19.1 Å². The SMILES string of the molecule is COc1ccc(Cl)cc1NC(=O)N1CCN(c2nc3c(C)ccc(Cl)c3s2)CC1. The second-order valence-electron chi connectivity index (χ2n) is 6.79. The van der Waals surface area contributed by atoms with Crippen LogP contribution in [-0.4, -0.2) is 49.2 Å². The molecule has 0 radical (unpaired) electrons. The molecule has 1 saturated heterocycles. The summed E-state index contributed by atoms with van der Waals surface area (Å²) in [6.07, 6.45) is 0. The Kier molecular flexibility index (Phi) is 5.72. The molecule has 1 N–H and O–H groups in total. The van der Waals surface area contributed by atoms with Gasteiger partial charge in [-0.2, -0.15) is 0 Å². The van der Waals surface area contributed by atoms with E-state index in [1.165, 1.54) is 0 Å². The summed E-state index contributed by atoms with van der Waals surface area (Å²) in [5, 5.41) is 5.09. The molecule has 0 atom stereocenters. The third-order valence-corrected chi connectivity index (χ3v) is 6.74. The van der Waals surface area contributed by atoms with Crippen LogP contribution in [0.1, 0.15) is 5.56 Å². The van der Waals surface area contributed by atoms with E-state index in [2.05, 4.69) is 10.2 Å². The second kappa shape index (κ2) is 8.26. The number of hydrogen-bond donors (Lipinski definition) is 1. The van der Waals surface area contributed by atoms with Gasteiger partial charge < -0.3 is 19.9 Å². The molecule has 0 spiro atoms. The van der Waals surface area contributed by atoms with E-state index in [9.17, 15) is 4.79 Å². The Morgan fingerprint density at radius 2 is 1.93 bits per heavy atom. The maximum absolute atomic E-state index is 12.7. The largest absolute Gasteiger partial charge is 0.495 e. The lowest BCUT2D eigenvalue weighted by Crippen LogP contribution is -2.50. The molecule has 2 heterocycles. The number of carbonyl (C=O) groups is 1. The smallest absolute Gasteiger partial charge is 0.322 e. The third-order valence-electron chi connectivity index (χ3n) is 4.93. The summed E-state index contributed by atoms with van der Waals surface area (Å²) < 4.78 is 6.30. The average Bonchev–Trinajstić information content (AvgIpc) is 3.18. The van der Waals surface area contributed by atoms with Crippen molar-refractivity contribution in [2.24, 2.45) is 0 Å². The van der Waals surface area contributed by atoms with Crippen molar-refractivity contribution in [3.8, 4) is 5.75 Å². The van der Waals surface area contributed by atoms with Gasteiger partial charge in [-0.25, -0.2) is 9.78 Å². The molecule has 1 aromatic heterocycles. The second-order valence-corrected chi connectivity index (χ2v) is 8.61. The number of carbonyl (C=O) groups excluding carboxylic acids is 1. The lowest BCUT2D eigenvalue weighted by Gasteiger charge is -2.34. The number of nitrogens with zero attached hydrogens (tertiary/aromatic N) is 3. The molecule has 0 saturated carbocycles. The van der Waals surface area contributed by atoms with E-state index in [-0.39, 0.29) is 6.03 Å². The number of halogens is 2. The van der Waals surface area contributed by atoms with Crippen LogP contribution in [0.25, 0.3) is 10.2 Å². The lowest BCUT2D eigenvalue weighted by molar-refractivity contribution is 0.208. The minimum Gasteiger partial charge on any atom is -0.495 e. The molecule has 9 heteroatoms. The number of fused-ring (bicyclic) bond motifs is 1. The van der Waals surface area contributed by atoms with Crippen molar-refractivity contribution >= 4 is 61.6 Å². The first-order chi connectivity index (χ1) is 14.0. The van der Waals surface area contributed by atoms with Gasteiger partial charge in [0.2, 0.25) is 0 Å². The van der Waals surface area contributed by atoms with Gasteiger partial charge in [0, 0.05) is 31.2 Å². The van der Waals surface area contributed by atoms with Gasteiger partial charge in [0.25, 0.3) is 0 Å². The van der Waals surface area contributed by atoms with Crippen LogP contribution in [0.2, 0.25) is 10.0 Å². The number of anilines is 2. The van der Waals surface area contributed by atoms with Gasteiger partial charge >= 0.3 is 6.03 Å². The zero-order chi connectivity index (χ0) is 20.5. The Hall–Kier alpha value is -2.22. The first-order valence-electron chi connectivity index (χ1n) is 9.16. The van der Waals surface area contributed by atoms with Crippen molar-refractivity contribution in [1.82, 2.24) is 9.88 Å². The van der Waals surface area contributed by atoms with Gasteiger partial charge in [0.05, 0.1) is 28.0 Å². The maximum atomic E-state index is 12.7. The molecule has 0 bridgehead atoms. The van der Waals surface area contributed by atoms with Crippen LogP contribution in [0.15, 0.2) is 30.3 Å². The Morgan fingerprint density at radius 1 is 1.17 bits per heavy atom. The number of aryl methyl sites for hydroxylation is 1. The van der Waals surface area contributed by atoms with Crippen LogP contribution in [0.4, 0.5) is 15.6 Å². The van der Waals surface area contributed by atoms with Crippen LogP contribution in [0.5, 0.6) is 5.75 Å². The Morgan fingerprint density at radius 3 is 2.62 bits per heavy atom. The number of ether oxygens (including phenoxy) is 1. The number of piperazine rings is 1. The highest BCUT2D eigenvalue weighted by Crippen LogP contribution is 2.36. The van der Waals surface area contributed by atoms with E-state index in [0.29, 0.717) is 42.6 Å². The summed E-state index contributed by atoms with van der Waals surface area (Å²) in [6.45, 7) is 4.64. The fraction of sp³-hybridized carbons (Fsp3) is 0.300. The molecule has 2 amide bonds. The standard InChI is InChI=1S/C20H20Cl2N4O2S/c1-12-3-5-14(22)18-17(12)24-20(29-18)26-9-7-25(8-10-26)19(27)23-15-11-13(21)4-6-16(15)28-2/h3-6,11H,7-10H2,1-2H3,(H,23,27). The van der Waals surface area contributed by atoms with Crippen LogP contribution < -0.4 is 15.0 Å². The van der Waals surface area contributed by atoms with E-state index >= 15 is 0 Å². The summed E-state index contributed by atoms with van der Waals surface area (Å²) in [5.41, 5.74) is 2.62. The molecule has 3 aromatic rings. The van der Waals surface area contributed by atoms with E-state index in [0.717, 1.165) is 25.9 Å². The van der Waals surface area contributed by atoms with Crippen molar-refractivity contribution in [2.75, 3.05) is 43.5 Å². The van der Waals surface area contributed by atoms with Crippen LogP contribution in [-0.2, 0) is 0 Å². The quantitative estimate of drug-likeness (QED) is 0.589. The van der Waals surface area contributed by atoms with E-state index in [1.54, 1.807) is 41.5 Å². The molecule has 1 aliphatic rings. The van der Waals surface area contributed by atoms with Gasteiger partial charge in [0.1, 0.15) is 5.75 Å². The lowest BCUT2D eigenvalue weighted by atomic mass is 10.2. The Bertz CT molecular complexity index is 1030. The Balaban J connectivity index is 1.43. The molecule has 29 heavy (non-hydrogen) atoms. The number of aromatic nitrogens is 1. The number of methoxy groups -OCH3 is 1. The highest BCUT2D eigenvalue weighted by atomic mass is 35.5. The highest BCUT2D eigenvalue weighted by Gasteiger charge is 2.24. The predicted molar refractivity (Wildman–Crippen MR) is 120 cm³/mol. The number of urea groups is 1. The zero-order valence-corrected chi connectivity index (χ0v) is 18.4. The minimum absolute atomic E-state index is 0.173. The van der Waals surface area contributed by atoms with Crippen molar-refractivity contribution in [1.29, 1.82) is 0 Å². The van der Waals surface area contributed by atoms with Gasteiger partial charge in [-0.15, -0.1) is 0 Å². The molecule has 6 nitrogen and oxygen atoms in total. The number of thiazole rings is 1. The van der Waals surface area contributed by atoms with Crippen LogP contribution >= 0.6 is 34.5 Å². The predicted octanol–water partition coefficient (Wildman–Crippen LogP) is 5.27. The number of rotatable bonds is 3. The summed E-state index contributed by atoms with van der Waals surface area (Å²) in [5.74, 6) is 0.572. The molecular formula is C20H20Cl2N4O2S. The molecule has 4 rings (SSSR count). The summed E-state index contributed by atoms with van der Waals surface area (Å²) in [7, 11) is 1.56. The Labute approximate surface area is 183 Å². The molecular weight excluding hydrogens is 431 g/mol. The molecule has 0 aliphatic carbocycles. The normalized spacial score (nSPS) is 14.3. The first kappa shape index (κ1) is 20.1. The third kappa shape index (κ3) is 4.08. The van der Waals surface area contributed by atoms with Crippen LogP contribution in [0.3, 0.4) is 0 Å². The van der Waals surface area contributed by atoms with E-state index in [4.69, 9.17) is 32.9 Å². The summed E-state index contributed by atoms with van der Waals surface area (Å²) in [4.78, 5) is 21.4. The molecule has 2 aromatic carbocycles. The minimum atomic E-state index is -0.173. The van der Waals surface area contributed by atoms with Gasteiger partial charge in [-0.3, -0.25) is 0 Å². The van der Waals surface area contributed by atoms with Crippen LogP contribution in [0, 0.1) is 6.92 Å². The maximum Gasteiger partial charge on any atom is 0.322 e. The van der Waals surface area contributed by atoms with Gasteiger partial charge in [-0.1, -0.05) is 40.6 Å². The molecule has 152 valence electrons. The summed E-state index contributed by atoms with van der Waals surface area (Å²) >= 11 is 14.0. The van der Waals surface area contributed by atoms with Gasteiger partial charge in [-0.05, 0) is 36.8 Å². The number of amides is 2. The number of nitrogens with one attached hydrogen (secondary N) is 1. The highest BCUT2D eigenvalue weighted by molar-refractivity contribution is 7.22. The fourth-order valence-electron chi connectivity index (χ4n) is 3.30. The number of benzene rings is 2. The monoisotopic (exact) mass is 450 g/mol. The van der Waals surface area contributed by atoms with Crippen molar-refractivity contribution in [2.45, 2.75) is 6.92 Å². The van der Waals surface area contributed by atoms with Crippen molar-refractivity contribution in [3.05, 3.63) is 45.9 Å². The molecule has 1 aliphatic heterocycles. The molecule has 1 fully saturated rings. The van der Waals surface area contributed by atoms with E-state index < -0.39 is 0 Å². The van der Waals surface area contributed by atoms with Gasteiger partial charge in [0.15, 0.2) is 5.13 Å². The topological polar surface area (TPSA) is 57.7 Å². The first-order valence-corrected chi connectivity index (χ1v) is 10.7.